The van der Waals surface area contributed by atoms with E-state index in [0.29, 0.717) is 0 Å². The number of allylic oxidation sites excluding steroid dienone is 1. The Balaban J connectivity index is 0. The zero-order chi connectivity index (χ0) is 2.71. The maximum absolute atomic E-state index is 3.36. The van der Waals surface area contributed by atoms with Crippen molar-refractivity contribution in [1.82, 2.24) is 0 Å². The summed E-state index contributed by atoms with van der Waals surface area (Å²) in [6, 6.07) is 0. The molecule has 0 N–H and O–H groups in total. The zero-order valence-corrected chi connectivity index (χ0v) is 6.67. The van der Waals surface area contributed by atoms with E-state index in [1.54, 1.807) is 6.08 Å². The molecule has 0 atom stereocenters. The van der Waals surface area contributed by atoms with Gasteiger partial charge in [0.2, 0.25) is 0 Å². The third-order valence-electron chi connectivity index (χ3n) is 0. The van der Waals surface area contributed by atoms with E-state index < -0.39 is 0 Å². The van der Waals surface area contributed by atoms with Crippen LogP contribution in [0.1, 0.15) is 6.92 Å². The van der Waals surface area contributed by atoms with Crippen LogP contribution < -0.4 is 0 Å². The van der Waals surface area contributed by atoms with E-state index in [4.69, 9.17) is 0 Å². The molecule has 0 spiro atoms. The zero-order valence-electron chi connectivity index (χ0n) is 2.78. The van der Waals surface area contributed by atoms with Gasteiger partial charge in [0, 0.05) is 0 Å². The summed E-state index contributed by atoms with van der Waals surface area (Å²) < 4.78 is 0. The standard InChI is InChI=1S/C3H6.Po.2H/c1-3-2;;;/h3H,1H2,2H3;;;. The molecule has 0 bridgehead atoms. The van der Waals surface area contributed by atoms with Gasteiger partial charge in [-0.2, -0.15) is 0 Å². The topological polar surface area (TPSA) is 0 Å². The molecule has 0 rings (SSSR count). The molecule has 0 aliphatic rings. The Morgan fingerprint density at radius 2 is 1.75 bits per heavy atom. The minimum absolute atomic E-state index is 0. The molecule has 0 amide bonds. The first-order valence-corrected chi connectivity index (χ1v) is 0.986. The predicted molar refractivity (Wildman–Crippen MR) is 24.4 cm³/mol. The van der Waals surface area contributed by atoms with Gasteiger partial charge in [0.05, 0.1) is 0 Å². The summed E-state index contributed by atoms with van der Waals surface area (Å²) in [6.45, 7) is 5.25. The fourth-order valence-corrected chi connectivity index (χ4v) is 0. The quantitative estimate of drug-likeness (QED) is 0.544. The number of hydrogen-bond acceptors (Lipinski definition) is 0. The molecule has 4 heavy (non-hydrogen) atoms. The molecule has 0 saturated heterocycles. The summed E-state index contributed by atoms with van der Waals surface area (Å²) in [5.74, 6) is 0. The molecule has 0 nitrogen and oxygen atoms in total. The van der Waals surface area contributed by atoms with Gasteiger partial charge >= 0.3 is 26.6 Å². The van der Waals surface area contributed by atoms with E-state index in [-0.39, 0.29) is 26.6 Å². The number of rotatable bonds is 0. The van der Waals surface area contributed by atoms with E-state index >= 15 is 0 Å². The molecule has 0 radical (unpaired) electrons. The SMILES string of the molecule is C=CC.[PoH2]. The van der Waals surface area contributed by atoms with Crippen LogP contribution >= 0.6 is 0 Å². The summed E-state index contributed by atoms with van der Waals surface area (Å²) in [4.78, 5) is 0. The van der Waals surface area contributed by atoms with E-state index in [0.717, 1.165) is 0 Å². The molecule has 0 aliphatic carbocycles. The fourth-order valence-electron chi connectivity index (χ4n) is 0. The van der Waals surface area contributed by atoms with Crippen molar-refractivity contribution in [3.63, 3.8) is 0 Å². The molecule has 1 heteroatoms. The van der Waals surface area contributed by atoms with Gasteiger partial charge in [-0.05, 0) is 6.92 Å². The first kappa shape index (κ1) is 8.82. The molecule has 0 aromatic rings. The molecular weight excluding hydrogens is 245 g/mol. The van der Waals surface area contributed by atoms with Crippen molar-refractivity contribution in [3.05, 3.63) is 12.7 Å². The van der Waals surface area contributed by atoms with Gasteiger partial charge in [-0.15, -0.1) is 6.58 Å². The van der Waals surface area contributed by atoms with Crippen LogP contribution in [-0.2, 0) is 0 Å². The second-order valence-electron chi connectivity index (χ2n) is 0.408. The van der Waals surface area contributed by atoms with Crippen LogP contribution in [0.15, 0.2) is 12.7 Å². The second kappa shape index (κ2) is 9.44. The molecule has 0 unspecified atom stereocenters. The van der Waals surface area contributed by atoms with Gasteiger partial charge < -0.3 is 0 Å². The normalized spacial score (nSPS) is 3.25. The predicted octanol–water partition coefficient (Wildman–Crippen LogP) is 0.276. The van der Waals surface area contributed by atoms with E-state index in [9.17, 15) is 0 Å². The molecule has 0 heterocycles. The first-order valence-electron chi connectivity index (χ1n) is 0.986. The molecule has 0 aliphatic heterocycles. The van der Waals surface area contributed by atoms with Crippen LogP contribution in [0.5, 0.6) is 0 Å². The Morgan fingerprint density at radius 3 is 1.75 bits per heavy atom. The molecule has 0 aromatic heterocycles. The average molecular weight is 253 g/mol. The minimum atomic E-state index is 0. The van der Waals surface area contributed by atoms with Crippen molar-refractivity contribution < 1.29 is 0 Å². The van der Waals surface area contributed by atoms with Crippen molar-refractivity contribution in [2.75, 3.05) is 0 Å². The molecule has 0 aromatic carbocycles. The third kappa shape index (κ3) is 17.4. The van der Waals surface area contributed by atoms with E-state index in [2.05, 4.69) is 6.58 Å². The Hall–Kier alpha value is 0.636. The van der Waals surface area contributed by atoms with Gasteiger partial charge in [0.25, 0.3) is 0 Å². The van der Waals surface area contributed by atoms with Crippen LogP contribution in [-0.4, -0.2) is 26.6 Å². The van der Waals surface area contributed by atoms with Crippen LogP contribution in [0.3, 0.4) is 0 Å². The van der Waals surface area contributed by atoms with Crippen LogP contribution in [0.4, 0.5) is 0 Å². The Bertz CT molecular complexity index is 10.8. The van der Waals surface area contributed by atoms with Crippen molar-refractivity contribution in [3.8, 4) is 0 Å². The third-order valence-corrected chi connectivity index (χ3v) is 0. The molecule has 0 fully saturated rings. The monoisotopic (exact) mass is 253 g/mol. The Kier molecular flexibility index (Phi) is 20.8. The van der Waals surface area contributed by atoms with Crippen LogP contribution in [0.2, 0.25) is 0 Å². The summed E-state index contributed by atoms with van der Waals surface area (Å²) in [7, 11) is 0. The van der Waals surface area contributed by atoms with Crippen LogP contribution in [0, 0.1) is 0 Å². The Labute approximate surface area is 46.4 Å². The van der Waals surface area contributed by atoms with E-state index in [1.807, 2.05) is 6.92 Å². The van der Waals surface area contributed by atoms with Gasteiger partial charge in [0.1, 0.15) is 0 Å². The van der Waals surface area contributed by atoms with Crippen molar-refractivity contribution in [2.45, 2.75) is 6.92 Å². The first-order chi connectivity index (χ1) is 1.41. The van der Waals surface area contributed by atoms with Crippen molar-refractivity contribution >= 4 is 26.6 Å². The number of hydrogen-bond donors (Lipinski definition) is 0. The maximum atomic E-state index is 3.36. The van der Waals surface area contributed by atoms with Gasteiger partial charge in [-0.3, -0.25) is 0 Å². The van der Waals surface area contributed by atoms with Gasteiger partial charge in [0.15, 0.2) is 0 Å². The summed E-state index contributed by atoms with van der Waals surface area (Å²) in [5, 5.41) is 0. The van der Waals surface area contributed by atoms with Crippen LogP contribution in [0.25, 0.3) is 0 Å². The fraction of sp³-hybridized carbons (Fsp3) is 0.333. The van der Waals surface area contributed by atoms with Crippen molar-refractivity contribution in [1.29, 1.82) is 0 Å². The summed E-state index contributed by atoms with van der Waals surface area (Å²) >= 11 is 0. The molecule has 26 valence electrons. The summed E-state index contributed by atoms with van der Waals surface area (Å²) in [6.07, 6.45) is 1.75. The second-order valence-corrected chi connectivity index (χ2v) is 0.408. The van der Waals surface area contributed by atoms with E-state index in [1.165, 1.54) is 0 Å². The molecular formula is C3H8Po. The summed E-state index contributed by atoms with van der Waals surface area (Å²) in [5.41, 5.74) is 0. The Morgan fingerprint density at radius 1 is 1.75 bits per heavy atom. The van der Waals surface area contributed by atoms with Gasteiger partial charge in [-0.1, -0.05) is 6.08 Å². The molecule has 0 saturated carbocycles. The van der Waals surface area contributed by atoms with Gasteiger partial charge in [-0.25, -0.2) is 0 Å². The average Bonchev–Trinajstić information content (AvgIpc) is 0.918. The van der Waals surface area contributed by atoms with Crippen molar-refractivity contribution in [2.24, 2.45) is 0 Å².